The van der Waals surface area contributed by atoms with E-state index in [0.29, 0.717) is 18.7 Å². The van der Waals surface area contributed by atoms with E-state index in [4.69, 9.17) is 10.00 Å². The summed E-state index contributed by atoms with van der Waals surface area (Å²) in [6.07, 6.45) is -0.896. The molecule has 1 saturated heterocycles. The van der Waals surface area contributed by atoms with Crippen LogP contribution in [-0.4, -0.2) is 41.6 Å². The third kappa shape index (κ3) is 3.53. The summed E-state index contributed by atoms with van der Waals surface area (Å²) < 4.78 is 5.81. The number of aliphatic hydroxyl groups excluding tert-OH is 2. The number of morpholine rings is 1. The Hall–Kier alpha value is -1.61. The van der Waals surface area contributed by atoms with Crippen molar-refractivity contribution in [3.8, 4) is 6.07 Å². The largest absolute Gasteiger partial charge is 0.394 e. The number of hydrogen-bond acceptors (Lipinski definition) is 5. The zero-order chi connectivity index (χ0) is 15.6. The predicted molar refractivity (Wildman–Crippen MR) is 80.0 cm³/mol. The lowest BCUT2D eigenvalue weighted by Gasteiger charge is -2.44. The monoisotopic (exact) mass is 290 g/mol. The van der Waals surface area contributed by atoms with Gasteiger partial charge in [-0.3, -0.25) is 0 Å². The highest BCUT2D eigenvalue weighted by Crippen LogP contribution is 2.32. The molecule has 2 N–H and O–H groups in total. The lowest BCUT2D eigenvalue weighted by Crippen LogP contribution is -2.54. The zero-order valence-corrected chi connectivity index (χ0v) is 12.7. The minimum Gasteiger partial charge on any atom is -0.394 e. The second-order valence-corrected chi connectivity index (χ2v) is 6.12. The summed E-state index contributed by atoms with van der Waals surface area (Å²) in [6, 6.07) is 7.41. The Morgan fingerprint density at radius 3 is 2.81 bits per heavy atom. The SMILES string of the molecule is C[C@H](O)c1ccc(C#N)cc1N1CC(CO)OC(C)(C)C1. The van der Waals surface area contributed by atoms with E-state index in [0.717, 1.165) is 11.3 Å². The average molecular weight is 290 g/mol. The first kappa shape index (κ1) is 15.8. The fraction of sp³-hybridized carbons (Fsp3) is 0.562. The van der Waals surface area contributed by atoms with Crippen LogP contribution in [0.15, 0.2) is 18.2 Å². The van der Waals surface area contributed by atoms with Crippen molar-refractivity contribution < 1.29 is 14.9 Å². The summed E-state index contributed by atoms with van der Waals surface area (Å²) in [4.78, 5) is 2.08. The molecule has 0 saturated carbocycles. The Morgan fingerprint density at radius 1 is 1.52 bits per heavy atom. The molecule has 0 radical (unpaired) electrons. The maximum Gasteiger partial charge on any atom is 0.0992 e. The highest BCUT2D eigenvalue weighted by molar-refractivity contribution is 5.59. The van der Waals surface area contributed by atoms with Crippen LogP contribution in [0.3, 0.4) is 0 Å². The van der Waals surface area contributed by atoms with E-state index in [2.05, 4.69) is 11.0 Å². The van der Waals surface area contributed by atoms with Crippen LogP contribution in [0.25, 0.3) is 0 Å². The van der Waals surface area contributed by atoms with Crippen LogP contribution in [0.2, 0.25) is 0 Å². The molecule has 1 aliphatic heterocycles. The molecule has 5 heteroatoms. The summed E-state index contributed by atoms with van der Waals surface area (Å²) in [5.41, 5.74) is 1.77. The van der Waals surface area contributed by atoms with E-state index in [1.165, 1.54) is 0 Å². The van der Waals surface area contributed by atoms with Gasteiger partial charge >= 0.3 is 0 Å². The van der Waals surface area contributed by atoms with Crippen LogP contribution in [0.5, 0.6) is 0 Å². The molecule has 1 heterocycles. The van der Waals surface area contributed by atoms with Gasteiger partial charge in [0.2, 0.25) is 0 Å². The Kier molecular flexibility index (Phi) is 4.52. The first-order valence-corrected chi connectivity index (χ1v) is 7.12. The first-order valence-electron chi connectivity index (χ1n) is 7.12. The van der Waals surface area contributed by atoms with Crippen LogP contribution in [0.4, 0.5) is 5.69 Å². The van der Waals surface area contributed by atoms with Gasteiger partial charge in [0.25, 0.3) is 0 Å². The van der Waals surface area contributed by atoms with Gasteiger partial charge in [0, 0.05) is 24.3 Å². The minimum atomic E-state index is -0.619. The molecule has 21 heavy (non-hydrogen) atoms. The van der Waals surface area contributed by atoms with Gasteiger partial charge in [-0.15, -0.1) is 0 Å². The molecule has 0 spiro atoms. The minimum absolute atomic E-state index is 0.0537. The van der Waals surface area contributed by atoms with Crippen molar-refractivity contribution in [1.82, 2.24) is 0 Å². The van der Waals surface area contributed by atoms with Gasteiger partial charge in [0.05, 0.1) is 36.0 Å². The predicted octanol–water partition coefficient (Wildman–Crippen LogP) is 1.59. The normalized spacial score (nSPS) is 22.7. The van der Waals surface area contributed by atoms with Crippen LogP contribution < -0.4 is 4.90 Å². The van der Waals surface area contributed by atoms with Crippen molar-refractivity contribution in [2.45, 2.75) is 38.6 Å². The molecule has 1 aliphatic rings. The number of hydrogen-bond donors (Lipinski definition) is 2. The molecular formula is C16H22N2O3. The maximum absolute atomic E-state index is 9.96. The maximum atomic E-state index is 9.96. The standard InChI is InChI=1S/C16H22N2O3/c1-11(20)14-5-4-12(7-17)6-15(14)18-8-13(9-19)21-16(2,3)10-18/h4-6,11,13,19-20H,8-10H2,1-3H3/t11-,13?/m0/s1. The van der Waals surface area contributed by atoms with Gasteiger partial charge in [0.15, 0.2) is 0 Å². The number of anilines is 1. The quantitative estimate of drug-likeness (QED) is 0.884. The highest BCUT2D eigenvalue weighted by atomic mass is 16.5. The Morgan fingerprint density at radius 2 is 2.24 bits per heavy atom. The Labute approximate surface area is 125 Å². The van der Waals surface area contributed by atoms with E-state index in [1.807, 2.05) is 13.8 Å². The average Bonchev–Trinajstić information content (AvgIpc) is 2.44. The fourth-order valence-corrected chi connectivity index (χ4v) is 2.81. The van der Waals surface area contributed by atoms with Gasteiger partial charge in [-0.05, 0) is 32.9 Å². The van der Waals surface area contributed by atoms with Gasteiger partial charge in [-0.25, -0.2) is 0 Å². The number of benzene rings is 1. The fourth-order valence-electron chi connectivity index (χ4n) is 2.81. The molecule has 5 nitrogen and oxygen atoms in total. The zero-order valence-electron chi connectivity index (χ0n) is 12.7. The molecule has 1 aromatic carbocycles. The summed E-state index contributed by atoms with van der Waals surface area (Å²) in [7, 11) is 0. The van der Waals surface area contributed by atoms with E-state index >= 15 is 0 Å². The van der Waals surface area contributed by atoms with Crippen molar-refractivity contribution in [2.24, 2.45) is 0 Å². The smallest absolute Gasteiger partial charge is 0.0992 e. The molecule has 1 unspecified atom stereocenters. The van der Waals surface area contributed by atoms with Crippen molar-refractivity contribution in [1.29, 1.82) is 5.26 Å². The van der Waals surface area contributed by atoms with Crippen LogP contribution >= 0.6 is 0 Å². The van der Waals surface area contributed by atoms with E-state index in [-0.39, 0.29) is 12.7 Å². The van der Waals surface area contributed by atoms with E-state index < -0.39 is 11.7 Å². The van der Waals surface area contributed by atoms with Gasteiger partial charge in [-0.1, -0.05) is 6.07 Å². The molecule has 0 aromatic heterocycles. The van der Waals surface area contributed by atoms with Crippen molar-refractivity contribution in [3.63, 3.8) is 0 Å². The molecule has 2 rings (SSSR count). The first-order chi connectivity index (χ1) is 9.86. The molecule has 0 bridgehead atoms. The van der Waals surface area contributed by atoms with Crippen molar-refractivity contribution in [3.05, 3.63) is 29.3 Å². The molecule has 0 amide bonds. The van der Waals surface area contributed by atoms with E-state index in [9.17, 15) is 10.2 Å². The number of rotatable bonds is 3. The second kappa shape index (κ2) is 6.02. The third-order valence-electron chi connectivity index (χ3n) is 3.64. The molecule has 0 aliphatic carbocycles. The summed E-state index contributed by atoms with van der Waals surface area (Å²) in [6.45, 7) is 6.77. The lowest BCUT2D eigenvalue weighted by molar-refractivity contribution is -0.101. The number of aliphatic hydroxyl groups is 2. The van der Waals surface area contributed by atoms with Crippen LogP contribution in [0, 0.1) is 11.3 Å². The van der Waals surface area contributed by atoms with E-state index in [1.54, 1.807) is 25.1 Å². The lowest BCUT2D eigenvalue weighted by atomic mass is 10.00. The topological polar surface area (TPSA) is 76.7 Å². The summed E-state index contributed by atoms with van der Waals surface area (Å²) in [5, 5.41) is 28.5. The highest BCUT2D eigenvalue weighted by Gasteiger charge is 2.34. The number of ether oxygens (including phenoxy) is 1. The molecule has 2 atom stereocenters. The summed E-state index contributed by atoms with van der Waals surface area (Å²) in [5.74, 6) is 0. The second-order valence-electron chi connectivity index (χ2n) is 6.12. The molecule has 114 valence electrons. The summed E-state index contributed by atoms with van der Waals surface area (Å²) >= 11 is 0. The van der Waals surface area contributed by atoms with Crippen LogP contribution in [-0.2, 0) is 4.74 Å². The van der Waals surface area contributed by atoms with Crippen molar-refractivity contribution >= 4 is 5.69 Å². The number of nitrogens with zero attached hydrogens (tertiary/aromatic N) is 2. The van der Waals surface area contributed by atoms with Gasteiger partial charge in [0.1, 0.15) is 0 Å². The Bertz CT molecular complexity index is 549. The number of nitriles is 1. The van der Waals surface area contributed by atoms with Gasteiger partial charge in [-0.2, -0.15) is 5.26 Å². The Balaban J connectivity index is 2.41. The molecular weight excluding hydrogens is 268 g/mol. The third-order valence-corrected chi connectivity index (χ3v) is 3.64. The van der Waals surface area contributed by atoms with Gasteiger partial charge < -0.3 is 19.8 Å². The molecule has 1 aromatic rings. The molecule has 1 fully saturated rings. The van der Waals surface area contributed by atoms with Crippen molar-refractivity contribution in [2.75, 3.05) is 24.6 Å². The van der Waals surface area contributed by atoms with Crippen LogP contribution in [0.1, 0.15) is 38.0 Å².